The van der Waals surface area contributed by atoms with Gasteiger partial charge in [-0.15, -0.1) is 11.8 Å². The molecule has 0 aliphatic carbocycles. The zero-order valence-corrected chi connectivity index (χ0v) is 13.5. The molecule has 1 heterocycles. The monoisotopic (exact) mass is 307 g/mol. The highest BCUT2D eigenvalue weighted by atomic mass is 32.2. The lowest BCUT2D eigenvalue weighted by Crippen LogP contribution is -2.39. The van der Waals surface area contributed by atoms with E-state index < -0.39 is 0 Å². The van der Waals surface area contributed by atoms with Crippen LogP contribution in [0.25, 0.3) is 0 Å². The molecule has 0 unspecified atom stereocenters. The Balaban J connectivity index is 1.72. The smallest absolute Gasteiger partial charge is 0.233 e. The summed E-state index contributed by atoms with van der Waals surface area (Å²) >= 11 is 1.78. The number of benzene rings is 1. The van der Waals surface area contributed by atoms with Gasteiger partial charge in [-0.2, -0.15) is 0 Å². The second kappa shape index (κ2) is 8.41. The highest BCUT2D eigenvalue weighted by Crippen LogP contribution is 2.20. The summed E-state index contributed by atoms with van der Waals surface area (Å²) < 4.78 is 0. The second-order valence-corrected chi connectivity index (χ2v) is 6.46. The number of rotatable bonds is 6. The fourth-order valence-electron chi connectivity index (χ4n) is 2.67. The molecule has 0 spiro atoms. The molecule has 0 atom stereocenters. The number of thioether (sulfide) groups is 1. The molecule has 1 aliphatic rings. The minimum absolute atomic E-state index is 0.0497. The van der Waals surface area contributed by atoms with Crippen molar-refractivity contribution in [1.82, 2.24) is 10.2 Å². The van der Waals surface area contributed by atoms with E-state index in [9.17, 15) is 4.79 Å². The molecule has 3 N–H and O–H groups in total. The molecular formula is C16H25N3OS. The predicted molar refractivity (Wildman–Crippen MR) is 88.3 cm³/mol. The number of hydrogen-bond acceptors (Lipinski definition) is 4. The first-order valence-electron chi connectivity index (χ1n) is 7.53. The van der Waals surface area contributed by atoms with Crippen molar-refractivity contribution in [3.05, 3.63) is 29.8 Å². The minimum Gasteiger partial charge on any atom is -0.355 e. The van der Waals surface area contributed by atoms with Crippen LogP contribution in [0.5, 0.6) is 0 Å². The third kappa shape index (κ3) is 5.34. The zero-order chi connectivity index (χ0) is 15.1. The van der Waals surface area contributed by atoms with Crippen LogP contribution in [-0.2, 0) is 11.3 Å². The van der Waals surface area contributed by atoms with Gasteiger partial charge in [0, 0.05) is 18.0 Å². The highest BCUT2D eigenvalue weighted by Gasteiger charge is 2.19. The van der Waals surface area contributed by atoms with Crippen molar-refractivity contribution in [3.8, 4) is 0 Å². The van der Waals surface area contributed by atoms with E-state index in [1.54, 1.807) is 11.8 Å². The zero-order valence-electron chi connectivity index (χ0n) is 12.7. The standard InChI is InChI=1S/C16H25N3OS/c1-21-15-4-2-14(3-5-15)12-19-8-6-13(7-9-19)11-18-16(20)10-17/h2-5,13H,6-12,17H2,1H3,(H,18,20). The molecule has 0 aromatic heterocycles. The molecule has 1 aliphatic heterocycles. The first kappa shape index (κ1) is 16.3. The molecule has 4 nitrogen and oxygen atoms in total. The molecule has 21 heavy (non-hydrogen) atoms. The van der Waals surface area contributed by atoms with E-state index >= 15 is 0 Å². The number of carbonyl (C=O) groups excluding carboxylic acids is 1. The van der Waals surface area contributed by atoms with Crippen LogP contribution in [0.1, 0.15) is 18.4 Å². The van der Waals surface area contributed by atoms with E-state index in [0.29, 0.717) is 5.92 Å². The van der Waals surface area contributed by atoms with Crippen molar-refractivity contribution in [2.75, 3.05) is 32.4 Å². The molecule has 0 saturated carbocycles. The maximum Gasteiger partial charge on any atom is 0.233 e. The van der Waals surface area contributed by atoms with Gasteiger partial charge in [0.05, 0.1) is 6.54 Å². The van der Waals surface area contributed by atoms with Crippen LogP contribution in [-0.4, -0.2) is 43.2 Å². The summed E-state index contributed by atoms with van der Waals surface area (Å²) in [6.45, 7) is 4.09. The lowest BCUT2D eigenvalue weighted by molar-refractivity contribution is -0.120. The Bertz CT molecular complexity index is 441. The van der Waals surface area contributed by atoms with Crippen molar-refractivity contribution in [2.24, 2.45) is 11.7 Å². The van der Waals surface area contributed by atoms with E-state index in [2.05, 4.69) is 40.7 Å². The highest BCUT2D eigenvalue weighted by molar-refractivity contribution is 7.98. The predicted octanol–water partition coefficient (Wildman–Crippen LogP) is 1.70. The fourth-order valence-corrected chi connectivity index (χ4v) is 3.08. The van der Waals surface area contributed by atoms with Gasteiger partial charge in [0.1, 0.15) is 0 Å². The summed E-state index contributed by atoms with van der Waals surface area (Å²) in [6.07, 6.45) is 4.39. The van der Waals surface area contributed by atoms with Crippen LogP contribution >= 0.6 is 11.8 Å². The third-order valence-corrected chi connectivity index (χ3v) is 4.79. The largest absolute Gasteiger partial charge is 0.355 e. The number of likely N-dealkylation sites (tertiary alicyclic amines) is 1. The van der Waals surface area contributed by atoms with Gasteiger partial charge in [0.25, 0.3) is 0 Å². The average molecular weight is 307 g/mol. The second-order valence-electron chi connectivity index (χ2n) is 5.58. The number of nitrogens with one attached hydrogen (secondary N) is 1. The van der Waals surface area contributed by atoms with Gasteiger partial charge in [-0.1, -0.05) is 12.1 Å². The van der Waals surface area contributed by atoms with Gasteiger partial charge in [0.2, 0.25) is 5.91 Å². The van der Waals surface area contributed by atoms with Gasteiger partial charge >= 0.3 is 0 Å². The van der Waals surface area contributed by atoms with E-state index in [1.165, 1.54) is 10.5 Å². The number of amides is 1. The minimum atomic E-state index is -0.0497. The van der Waals surface area contributed by atoms with E-state index in [1.807, 2.05) is 0 Å². The quantitative estimate of drug-likeness (QED) is 0.785. The molecule has 1 amide bonds. The molecule has 1 aromatic rings. The SMILES string of the molecule is CSc1ccc(CN2CCC(CNC(=O)CN)CC2)cc1. The topological polar surface area (TPSA) is 58.4 Å². The third-order valence-electron chi connectivity index (χ3n) is 4.05. The van der Waals surface area contributed by atoms with Gasteiger partial charge in [0.15, 0.2) is 0 Å². The Labute approximate surface area is 131 Å². The molecule has 116 valence electrons. The van der Waals surface area contributed by atoms with Crippen molar-refractivity contribution in [3.63, 3.8) is 0 Å². The molecular weight excluding hydrogens is 282 g/mol. The van der Waals surface area contributed by atoms with Crippen LogP contribution in [0.15, 0.2) is 29.2 Å². The summed E-state index contributed by atoms with van der Waals surface area (Å²) in [6, 6.07) is 8.82. The van der Waals surface area contributed by atoms with Gasteiger partial charge in [-0.25, -0.2) is 0 Å². The molecule has 0 bridgehead atoms. The Morgan fingerprint density at radius 1 is 1.33 bits per heavy atom. The lowest BCUT2D eigenvalue weighted by Gasteiger charge is -2.32. The number of nitrogens with two attached hydrogens (primary N) is 1. The Hall–Kier alpha value is -1.04. The fraction of sp³-hybridized carbons (Fsp3) is 0.562. The van der Waals surface area contributed by atoms with E-state index in [-0.39, 0.29) is 12.5 Å². The summed E-state index contributed by atoms with van der Waals surface area (Å²) in [4.78, 5) is 15.0. The van der Waals surface area contributed by atoms with Crippen molar-refractivity contribution >= 4 is 17.7 Å². The summed E-state index contributed by atoms with van der Waals surface area (Å²) in [5.41, 5.74) is 6.67. The molecule has 0 radical (unpaired) electrons. The molecule has 1 saturated heterocycles. The van der Waals surface area contributed by atoms with Crippen LogP contribution < -0.4 is 11.1 Å². The first-order chi connectivity index (χ1) is 10.2. The summed E-state index contributed by atoms with van der Waals surface area (Å²) in [7, 11) is 0. The van der Waals surface area contributed by atoms with Gasteiger partial charge in [-0.05, 0) is 55.8 Å². The van der Waals surface area contributed by atoms with Crippen LogP contribution in [0.2, 0.25) is 0 Å². The van der Waals surface area contributed by atoms with Gasteiger partial charge in [-0.3, -0.25) is 9.69 Å². The summed E-state index contributed by atoms with van der Waals surface area (Å²) in [5, 5.41) is 2.89. The van der Waals surface area contributed by atoms with Crippen LogP contribution in [0.3, 0.4) is 0 Å². The maximum atomic E-state index is 11.2. The lowest BCUT2D eigenvalue weighted by atomic mass is 9.96. The average Bonchev–Trinajstić information content (AvgIpc) is 2.54. The normalized spacial score (nSPS) is 16.9. The van der Waals surface area contributed by atoms with Crippen LogP contribution in [0, 0.1) is 5.92 Å². The van der Waals surface area contributed by atoms with Crippen LogP contribution in [0.4, 0.5) is 0 Å². The van der Waals surface area contributed by atoms with Crippen molar-refractivity contribution in [1.29, 1.82) is 0 Å². The Morgan fingerprint density at radius 3 is 2.57 bits per heavy atom. The number of piperidine rings is 1. The Kier molecular flexibility index (Phi) is 6.54. The van der Waals surface area contributed by atoms with E-state index in [0.717, 1.165) is 39.0 Å². The molecule has 1 aromatic carbocycles. The van der Waals surface area contributed by atoms with E-state index in [4.69, 9.17) is 5.73 Å². The number of carbonyl (C=O) groups is 1. The summed E-state index contributed by atoms with van der Waals surface area (Å²) in [5.74, 6) is 0.543. The molecule has 5 heteroatoms. The Morgan fingerprint density at radius 2 is 2.00 bits per heavy atom. The number of hydrogen-bond donors (Lipinski definition) is 2. The first-order valence-corrected chi connectivity index (χ1v) is 8.75. The van der Waals surface area contributed by atoms with Crippen molar-refractivity contribution in [2.45, 2.75) is 24.3 Å². The molecule has 1 fully saturated rings. The molecule has 2 rings (SSSR count). The number of nitrogens with zero attached hydrogens (tertiary/aromatic N) is 1. The van der Waals surface area contributed by atoms with Crippen molar-refractivity contribution < 1.29 is 4.79 Å². The maximum absolute atomic E-state index is 11.2. The van der Waals surface area contributed by atoms with Gasteiger partial charge < -0.3 is 11.1 Å².